The Morgan fingerprint density at radius 2 is 1.71 bits per heavy atom. The van der Waals surface area contributed by atoms with Gasteiger partial charge in [0.2, 0.25) is 0 Å². The van der Waals surface area contributed by atoms with Crippen LogP contribution in [0.2, 0.25) is 0 Å². The maximum atomic E-state index is 12.4. The van der Waals surface area contributed by atoms with E-state index in [1.54, 1.807) is 24.3 Å². The molecule has 4 heteroatoms. The number of carbonyl (C=O) groups excluding carboxylic acids is 1. The highest BCUT2D eigenvalue weighted by Gasteiger charge is 2.30. The van der Waals surface area contributed by atoms with Crippen molar-refractivity contribution >= 4 is 15.6 Å². The van der Waals surface area contributed by atoms with E-state index in [-0.39, 0.29) is 18.0 Å². The summed E-state index contributed by atoms with van der Waals surface area (Å²) in [5.41, 5.74) is 0.629. The lowest BCUT2D eigenvalue weighted by atomic mass is 9.78. The molecule has 0 aromatic heterocycles. The van der Waals surface area contributed by atoms with Gasteiger partial charge in [-0.15, -0.1) is 0 Å². The molecule has 0 spiro atoms. The second-order valence-electron chi connectivity index (χ2n) is 5.97. The van der Waals surface area contributed by atoms with Crippen LogP contribution in [-0.4, -0.2) is 20.0 Å². The van der Waals surface area contributed by atoms with Crippen LogP contribution < -0.4 is 0 Å². The summed E-state index contributed by atoms with van der Waals surface area (Å²) in [4.78, 5) is 12.7. The highest BCUT2D eigenvalue weighted by molar-refractivity contribution is 7.91. The molecule has 0 amide bonds. The Morgan fingerprint density at radius 1 is 1.14 bits per heavy atom. The zero-order valence-corrected chi connectivity index (χ0v) is 14.3. The lowest BCUT2D eigenvalue weighted by Gasteiger charge is -2.26. The molecular formula is C17H26O3S. The Bertz CT molecular complexity index is 573. The van der Waals surface area contributed by atoms with Crippen molar-refractivity contribution < 1.29 is 13.2 Å². The van der Waals surface area contributed by atoms with E-state index in [4.69, 9.17) is 0 Å². The van der Waals surface area contributed by atoms with Crippen LogP contribution in [-0.2, 0) is 14.6 Å². The molecule has 0 saturated heterocycles. The largest absolute Gasteiger partial charge is 0.299 e. The summed E-state index contributed by atoms with van der Waals surface area (Å²) >= 11 is 0. The molecule has 21 heavy (non-hydrogen) atoms. The van der Waals surface area contributed by atoms with Crippen LogP contribution in [0.3, 0.4) is 0 Å². The standard InChI is InChI=1S/C17H26O3S/c1-5-12-17(4,6-2)16(18)11-13-21(19,20)15-9-7-14(3)8-10-15/h7-10H,5-6,11-13H2,1-4H3. The first kappa shape index (κ1) is 17.9. The van der Waals surface area contributed by atoms with Gasteiger partial charge in [0.1, 0.15) is 5.78 Å². The number of benzene rings is 1. The minimum atomic E-state index is -3.38. The Morgan fingerprint density at radius 3 is 2.19 bits per heavy atom. The molecule has 0 heterocycles. The normalized spacial score (nSPS) is 14.7. The number of carbonyl (C=O) groups is 1. The first-order valence-electron chi connectivity index (χ1n) is 7.58. The van der Waals surface area contributed by atoms with Crippen molar-refractivity contribution in [3.8, 4) is 0 Å². The first-order valence-corrected chi connectivity index (χ1v) is 9.23. The predicted octanol–water partition coefficient (Wildman–Crippen LogP) is 3.94. The van der Waals surface area contributed by atoms with Crippen molar-refractivity contribution in [2.24, 2.45) is 5.41 Å². The summed E-state index contributed by atoms with van der Waals surface area (Å²) in [5, 5.41) is 0. The van der Waals surface area contributed by atoms with E-state index in [1.165, 1.54) is 0 Å². The average molecular weight is 310 g/mol. The molecule has 1 unspecified atom stereocenters. The van der Waals surface area contributed by atoms with Crippen molar-refractivity contribution in [2.45, 2.75) is 58.3 Å². The smallest absolute Gasteiger partial charge is 0.178 e. The summed E-state index contributed by atoms with van der Waals surface area (Å²) < 4.78 is 24.5. The molecule has 1 aromatic rings. The zero-order valence-electron chi connectivity index (χ0n) is 13.5. The fraction of sp³-hybridized carbons (Fsp3) is 0.588. The average Bonchev–Trinajstić information content (AvgIpc) is 2.45. The van der Waals surface area contributed by atoms with Gasteiger partial charge in [-0.1, -0.05) is 44.9 Å². The van der Waals surface area contributed by atoms with Crippen molar-refractivity contribution in [1.29, 1.82) is 0 Å². The summed E-state index contributed by atoms with van der Waals surface area (Å²) in [7, 11) is -3.38. The Kier molecular flexibility index (Phi) is 6.14. The highest BCUT2D eigenvalue weighted by Crippen LogP contribution is 2.30. The van der Waals surface area contributed by atoms with Gasteiger partial charge in [-0.05, 0) is 31.9 Å². The molecular weight excluding hydrogens is 284 g/mol. The van der Waals surface area contributed by atoms with Crippen LogP contribution in [0.4, 0.5) is 0 Å². The maximum absolute atomic E-state index is 12.4. The van der Waals surface area contributed by atoms with E-state index >= 15 is 0 Å². The third kappa shape index (κ3) is 4.67. The van der Waals surface area contributed by atoms with Crippen LogP contribution in [0.1, 0.15) is 52.0 Å². The van der Waals surface area contributed by atoms with E-state index in [0.29, 0.717) is 4.90 Å². The third-order valence-corrected chi connectivity index (χ3v) is 5.97. The highest BCUT2D eigenvalue weighted by atomic mass is 32.2. The quantitative estimate of drug-likeness (QED) is 0.730. The first-order chi connectivity index (χ1) is 9.75. The monoisotopic (exact) mass is 310 g/mol. The van der Waals surface area contributed by atoms with E-state index in [1.807, 2.05) is 27.7 Å². The van der Waals surface area contributed by atoms with Crippen LogP contribution in [0, 0.1) is 12.3 Å². The van der Waals surface area contributed by atoms with Crippen molar-refractivity contribution in [3.63, 3.8) is 0 Å². The number of rotatable bonds is 8. The summed E-state index contributed by atoms with van der Waals surface area (Å²) in [6, 6.07) is 6.78. The molecule has 0 aliphatic heterocycles. The van der Waals surface area contributed by atoms with Gasteiger partial charge in [-0.3, -0.25) is 4.79 Å². The topological polar surface area (TPSA) is 51.2 Å². The molecule has 1 atom stereocenters. The van der Waals surface area contributed by atoms with Gasteiger partial charge in [-0.25, -0.2) is 8.42 Å². The van der Waals surface area contributed by atoms with Crippen molar-refractivity contribution in [2.75, 3.05) is 5.75 Å². The lowest BCUT2D eigenvalue weighted by molar-refractivity contribution is -0.128. The predicted molar refractivity (Wildman–Crippen MR) is 86.2 cm³/mol. The molecule has 0 saturated carbocycles. The number of hydrogen-bond donors (Lipinski definition) is 0. The van der Waals surface area contributed by atoms with Crippen LogP contribution in [0.25, 0.3) is 0 Å². The van der Waals surface area contributed by atoms with E-state index in [9.17, 15) is 13.2 Å². The fourth-order valence-corrected chi connectivity index (χ4v) is 3.70. The molecule has 1 aromatic carbocycles. The molecule has 0 aliphatic carbocycles. The summed E-state index contributed by atoms with van der Waals surface area (Å²) in [6.45, 7) is 7.89. The van der Waals surface area contributed by atoms with Crippen molar-refractivity contribution in [3.05, 3.63) is 29.8 Å². The van der Waals surface area contributed by atoms with Gasteiger partial charge < -0.3 is 0 Å². The molecule has 1 rings (SSSR count). The summed E-state index contributed by atoms with van der Waals surface area (Å²) in [5.74, 6) is -0.0451. The third-order valence-electron chi connectivity index (χ3n) is 4.23. The van der Waals surface area contributed by atoms with Crippen molar-refractivity contribution in [1.82, 2.24) is 0 Å². The van der Waals surface area contributed by atoms with Gasteiger partial charge in [0.15, 0.2) is 9.84 Å². The maximum Gasteiger partial charge on any atom is 0.178 e. The zero-order chi connectivity index (χ0) is 16.1. The Hall–Kier alpha value is -1.16. The Balaban J connectivity index is 2.77. The van der Waals surface area contributed by atoms with Gasteiger partial charge >= 0.3 is 0 Å². The molecule has 3 nitrogen and oxygen atoms in total. The SMILES string of the molecule is CCCC(C)(CC)C(=O)CCS(=O)(=O)c1ccc(C)cc1. The molecule has 118 valence electrons. The Labute approximate surface area is 128 Å². The van der Waals surface area contributed by atoms with E-state index in [0.717, 1.165) is 24.8 Å². The van der Waals surface area contributed by atoms with E-state index < -0.39 is 15.3 Å². The van der Waals surface area contributed by atoms with Gasteiger partial charge in [0.05, 0.1) is 10.6 Å². The fourth-order valence-electron chi connectivity index (χ4n) is 2.46. The number of aryl methyl sites for hydroxylation is 1. The number of hydrogen-bond acceptors (Lipinski definition) is 3. The van der Waals surface area contributed by atoms with Crippen LogP contribution in [0.15, 0.2) is 29.2 Å². The minimum Gasteiger partial charge on any atom is -0.299 e. The lowest BCUT2D eigenvalue weighted by Crippen LogP contribution is -2.28. The van der Waals surface area contributed by atoms with Gasteiger partial charge in [-0.2, -0.15) is 0 Å². The molecule has 0 aliphatic rings. The summed E-state index contributed by atoms with van der Waals surface area (Å²) in [6.07, 6.45) is 2.60. The van der Waals surface area contributed by atoms with Crippen LogP contribution >= 0.6 is 0 Å². The number of Topliss-reactive ketones (excluding diaryl/α,β-unsaturated/α-hetero) is 1. The molecule has 0 radical (unpaired) electrons. The minimum absolute atomic E-state index is 0.0579. The molecule has 0 bridgehead atoms. The van der Waals surface area contributed by atoms with Gasteiger partial charge in [0.25, 0.3) is 0 Å². The number of sulfone groups is 1. The molecule has 0 fully saturated rings. The second-order valence-corrected chi connectivity index (χ2v) is 8.08. The second kappa shape index (κ2) is 7.21. The van der Waals surface area contributed by atoms with Gasteiger partial charge in [0, 0.05) is 11.8 Å². The molecule has 0 N–H and O–H groups in total. The van der Waals surface area contributed by atoms with Crippen LogP contribution in [0.5, 0.6) is 0 Å². The van der Waals surface area contributed by atoms with E-state index in [2.05, 4.69) is 0 Å². The number of ketones is 1.